The number of carbonyl (C=O) groups excluding carboxylic acids is 1. The molecule has 124 valence electrons. The number of benzene rings is 3. The van der Waals surface area contributed by atoms with Crippen LogP contribution in [0.15, 0.2) is 60.7 Å². The maximum Gasteiger partial charge on any atom is 0.336 e. The predicted octanol–water partition coefficient (Wildman–Crippen LogP) is 3.49. The Balaban J connectivity index is 2.01. The molecular weight excluding hydrogens is 322 g/mol. The van der Waals surface area contributed by atoms with E-state index in [-0.39, 0.29) is 11.1 Å². The van der Waals surface area contributed by atoms with Gasteiger partial charge in [-0.3, -0.25) is 4.79 Å². The number of nitrogens with one attached hydrogen (secondary N) is 1. The van der Waals surface area contributed by atoms with E-state index in [9.17, 15) is 19.5 Å². The van der Waals surface area contributed by atoms with Crippen molar-refractivity contribution in [3.05, 3.63) is 77.4 Å². The van der Waals surface area contributed by atoms with Gasteiger partial charge in [-0.2, -0.15) is 0 Å². The number of hydrogen-bond acceptors (Lipinski definition) is 3. The van der Waals surface area contributed by atoms with Crippen molar-refractivity contribution in [2.75, 3.05) is 5.32 Å². The van der Waals surface area contributed by atoms with Crippen LogP contribution in [0.2, 0.25) is 0 Å². The molecule has 0 aliphatic heterocycles. The van der Waals surface area contributed by atoms with Gasteiger partial charge in [0, 0.05) is 11.3 Å². The lowest BCUT2D eigenvalue weighted by molar-refractivity contribution is 0.0687. The minimum absolute atomic E-state index is 0.0592. The van der Waals surface area contributed by atoms with E-state index in [2.05, 4.69) is 5.32 Å². The fourth-order valence-electron chi connectivity index (χ4n) is 2.61. The molecule has 3 aromatic carbocycles. The third kappa shape index (κ3) is 3.18. The van der Waals surface area contributed by atoms with Crippen molar-refractivity contribution in [2.45, 2.75) is 0 Å². The van der Waals surface area contributed by atoms with E-state index in [4.69, 9.17) is 5.11 Å². The molecule has 3 N–H and O–H groups in total. The molecule has 0 fully saturated rings. The van der Waals surface area contributed by atoms with Crippen molar-refractivity contribution < 1.29 is 24.6 Å². The summed E-state index contributed by atoms with van der Waals surface area (Å²) in [6, 6.07) is 15.5. The quantitative estimate of drug-likeness (QED) is 0.677. The fraction of sp³-hybridized carbons (Fsp3) is 0. The van der Waals surface area contributed by atoms with E-state index in [1.807, 2.05) is 0 Å². The zero-order chi connectivity index (χ0) is 18.0. The van der Waals surface area contributed by atoms with E-state index in [0.29, 0.717) is 22.0 Å². The zero-order valence-corrected chi connectivity index (χ0v) is 12.9. The maximum atomic E-state index is 12.6. The normalized spacial score (nSPS) is 10.4. The Morgan fingerprint density at radius 1 is 0.720 bits per heavy atom. The lowest BCUT2D eigenvalue weighted by Crippen LogP contribution is -2.13. The molecule has 0 saturated carbocycles. The topological polar surface area (TPSA) is 104 Å². The van der Waals surface area contributed by atoms with Crippen LogP contribution in [0.1, 0.15) is 31.1 Å². The molecule has 0 radical (unpaired) electrons. The average Bonchev–Trinajstić information content (AvgIpc) is 2.60. The van der Waals surface area contributed by atoms with E-state index in [1.165, 1.54) is 30.3 Å². The van der Waals surface area contributed by atoms with Crippen molar-refractivity contribution in [1.29, 1.82) is 0 Å². The Bertz CT molecular complexity index is 1010. The first-order chi connectivity index (χ1) is 12.0. The van der Waals surface area contributed by atoms with Crippen LogP contribution >= 0.6 is 0 Å². The van der Waals surface area contributed by atoms with Gasteiger partial charge in [-0.25, -0.2) is 9.59 Å². The van der Waals surface area contributed by atoms with Crippen LogP contribution in [0.3, 0.4) is 0 Å². The lowest BCUT2D eigenvalue weighted by Gasteiger charge is -2.10. The third-order valence-corrected chi connectivity index (χ3v) is 3.77. The molecule has 6 heteroatoms. The number of anilines is 1. The van der Waals surface area contributed by atoms with Gasteiger partial charge >= 0.3 is 11.9 Å². The fourth-order valence-corrected chi connectivity index (χ4v) is 2.61. The van der Waals surface area contributed by atoms with Gasteiger partial charge in [0.25, 0.3) is 5.91 Å². The SMILES string of the molecule is O=C(O)c1cccc(NC(=O)c2ccc(C(=O)O)c3ccccc23)c1. The number of carbonyl (C=O) groups is 3. The molecule has 0 spiro atoms. The minimum atomic E-state index is -1.09. The standard InChI is InChI=1S/C19H13NO5/c21-17(20-12-5-3-4-11(10-12)18(22)23)15-8-9-16(19(24)25)14-7-2-1-6-13(14)15/h1-10H,(H,20,21)(H,22,23)(H,24,25). The summed E-state index contributed by atoms with van der Waals surface area (Å²) in [5.41, 5.74) is 0.821. The van der Waals surface area contributed by atoms with Crippen molar-refractivity contribution in [1.82, 2.24) is 0 Å². The first kappa shape index (κ1) is 16.2. The Labute approximate surface area is 142 Å². The van der Waals surface area contributed by atoms with Gasteiger partial charge in [0.1, 0.15) is 0 Å². The van der Waals surface area contributed by atoms with Gasteiger partial charge in [0.2, 0.25) is 0 Å². The molecule has 0 aliphatic carbocycles. The van der Waals surface area contributed by atoms with Gasteiger partial charge in [0.15, 0.2) is 0 Å². The summed E-state index contributed by atoms with van der Waals surface area (Å²) in [6.45, 7) is 0. The van der Waals surface area contributed by atoms with Crippen LogP contribution < -0.4 is 5.32 Å². The molecule has 0 saturated heterocycles. The highest BCUT2D eigenvalue weighted by molar-refractivity contribution is 6.16. The molecular formula is C19H13NO5. The highest BCUT2D eigenvalue weighted by Crippen LogP contribution is 2.24. The Hall–Kier alpha value is -3.67. The second-order valence-electron chi connectivity index (χ2n) is 5.35. The maximum absolute atomic E-state index is 12.6. The molecule has 3 rings (SSSR count). The summed E-state index contributed by atoms with van der Waals surface area (Å²) < 4.78 is 0. The Kier molecular flexibility index (Phi) is 4.18. The average molecular weight is 335 g/mol. The van der Waals surface area contributed by atoms with Crippen molar-refractivity contribution >= 4 is 34.3 Å². The monoisotopic (exact) mass is 335 g/mol. The number of hydrogen-bond donors (Lipinski definition) is 3. The first-order valence-electron chi connectivity index (χ1n) is 7.37. The summed E-state index contributed by atoms with van der Waals surface area (Å²) in [5, 5.41) is 21.9. The van der Waals surface area contributed by atoms with Crippen LogP contribution in [-0.2, 0) is 0 Å². The summed E-state index contributed by atoms with van der Waals surface area (Å²) in [7, 11) is 0. The number of carboxylic acids is 2. The highest BCUT2D eigenvalue weighted by atomic mass is 16.4. The molecule has 6 nitrogen and oxygen atoms in total. The van der Waals surface area contributed by atoms with Gasteiger partial charge in [-0.05, 0) is 41.1 Å². The largest absolute Gasteiger partial charge is 0.478 e. The van der Waals surface area contributed by atoms with Crippen molar-refractivity contribution in [3.8, 4) is 0 Å². The van der Waals surface area contributed by atoms with E-state index >= 15 is 0 Å². The van der Waals surface area contributed by atoms with E-state index < -0.39 is 17.8 Å². The first-order valence-corrected chi connectivity index (χ1v) is 7.37. The molecule has 0 heterocycles. The molecule has 0 aromatic heterocycles. The van der Waals surface area contributed by atoms with Gasteiger partial charge in [0.05, 0.1) is 11.1 Å². The molecule has 3 aromatic rings. The van der Waals surface area contributed by atoms with Crippen molar-refractivity contribution in [2.24, 2.45) is 0 Å². The van der Waals surface area contributed by atoms with E-state index in [1.54, 1.807) is 30.3 Å². The van der Waals surface area contributed by atoms with Crippen LogP contribution in [0, 0.1) is 0 Å². The van der Waals surface area contributed by atoms with Gasteiger partial charge in [-0.1, -0.05) is 30.3 Å². The minimum Gasteiger partial charge on any atom is -0.478 e. The molecule has 0 atom stereocenters. The number of aromatic carboxylic acids is 2. The van der Waals surface area contributed by atoms with Crippen LogP contribution in [0.4, 0.5) is 5.69 Å². The molecule has 0 aliphatic rings. The van der Waals surface area contributed by atoms with Crippen LogP contribution in [0.5, 0.6) is 0 Å². The van der Waals surface area contributed by atoms with E-state index in [0.717, 1.165) is 0 Å². The number of fused-ring (bicyclic) bond motifs is 1. The van der Waals surface area contributed by atoms with Gasteiger partial charge < -0.3 is 15.5 Å². The highest BCUT2D eigenvalue weighted by Gasteiger charge is 2.16. The summed E-state index contributed by atoms with van der Waals surface area (Å²) in [6.07, 6.45) is 0. The second kappa shape index (κ2) is 6.45. The third-order valence-electron chi connectivity index (χ3n) is 3.77. The molecule has 1 amide bonds. The Morgan fingerprint density at radius 3 is 2.00 bits per heavy atom. The predicted molar refractivity (Wildman–Crippen MR) is 92.3 cm³/mol. The zero-order valence-electron chi connectivity index (χ0n) is 12.9. The van der Waals surface area contributed by atoms with Crippen LogP contribution in [0.25, 0.3) is 10.8 Å². The van der Waals surface area contributed by atoms with Gasteiger partial charge in [-0.15, -0.1) is 0 Å². The molecule has 0 bridgehead atoms. The summed E-state index contributed by atoms with van der Waals surface area (Å²) in [4.78, 5) is 34.9. The lowest BCUT2D eigenvalue weighted by atomic mass is 9.99. The number of carboxylic acid groups (broad SMARTS) is 2. The van der Waals surface area contributed by atoms with Crippen LogP contribution in [-0.4, -0.2) is 28.1 Å². The smallest absolute Gasteiger partial charge is 0.336 e. The van der Waals surface area contributed by atoms with Crippen molar-refractivity contribution in [3.63, 3.8) is 0 Å². The number of rotatable bonds is 4. The summed E-state index contributed by atoms with van der Waals surface area (Å²) in [5.74, 6) is -2.61. The summed E-state index contributed by atoms with van der Waals surface area (Å²) >= 11 is 0. The molecule has 25 heavy (non-hydrogen) atoms. The molecule has 0 unspecified atom stereocenters. The number of amides is 1. The Morgan fingerprint density at radius 2 is 1.36 bits per heavy atom. The second-order valence-corrected chi connectivity index (χ2v) is 5.35.